The summed E-state index contributed by atoms with van der Waals surface area (Å²) in [4.78, 5) is 11.9. The van der Waals surface area contributed by atoms with Gasteiger partial charge in [-0.15, -0.1) is 0 Å². The van der Waals surface area contributed by atoms with Crippen molar-refractivity contribution in [3.63, 3.8) is 0 Å². The summed E-state index contributed by atoms with van der Waals surface area (Å²) in [6.45, 7) is 1.20. The number of rotatable bonds is 9. The van der Waals surface area contributed by atoms with Crippen molar-refractivity contribution in [1.29, 1.82) is 0 Å². The lowest BCUT2D eigenvalue weighted by molar-refractivity contribution is -0.120. The Morgan fingerprint density at radius 2 is 1.67 bits per heavy atom. The quantitative estimate of drug-likeness (QED) is 0.743. The number of nitrogens with one attached hydrogen (secondary N) is 2. The highest BCUT2D eigenvalue weighted by Gasteiger charge is 2.02. The lowest BCUT2D eigenvalue weighted by Crippen LogP contribution is -2.27. The predicted molar refractivity (Wildman–Crippen MR) is 95.8 cm³/mol. The topological polar surface area (TPSA) is 59.6 Å². The standard InChI is InChI=1S/C19H24N2O3/c1-23-17-7-3-5-15(13-17)9-11-21-19(22)10-12-20-16-6-4-8-18(14-16)24-2/h3-8,13-14,20H,9-12H2,1-2H3,(H,21,22). The highest BCUT2D eigenvalue weighted by molar-refractivity contribution is 5.76. The van der Waals surface area contributed by atoms with Crippen LogP contribution in [0.2, 0.25) is 0 Å². The van der Waals surface area contributed by atoms with Crippen LogP contribution in [0, 0.1) is 0 Å². The number of methoxy groups -OCH3 is 2. The molecule has 1 amide bonds. The smallest absolute Gasteiger partial charge is 0.221 e. The van der Waals surface area contributed by atoms with Crippen LogP contribution in [0.3, 0.4) is 0 Å². The number of amides is 1. The fourth-order valence-electron chi connectivity index (χ4n) is 2.32. The van der Waals surface area contributed by atoms with Crippen LogP contribution in [-0.4, -0.2) is 33.2 Å². The molecule has 0 heterocycles. The molecule has 0 aliphatic heterocycles. The van der Waals surface area contributed by atoms with E-state index < -0.39 is 0 Å². The average Bonchev–Trinajstić information content (AvgIpc) is 2.62. The number of anilines is 1. The van der Waals surface area contributed by atoms with Crippen molar-refractivity contribution in [3.05, 3.63) is 54.1 Å². The Hall–Kier alpha value is -2.69. The Morgan fingerprint density at radius 3 is 2.42 bits per heavy atom. The molecular formula is C19H24N2O3. The molecule has 0 fully saturated rings. The molecule has 128 valence electrons. The van der Waals surface area contributed by atoms with Crippen molar-refractivity contribution in [3.8, 4) is 11.5 Å². The summed E-state index contributed by atoms with van der Waals surface area (Å²) in [6.07, 6.45) is 1.21. The van der Waals surface area contributed by atoms with Crippen LogP contribution in [0.5, 0.6) is 11.5 Å². The zero-order chi connectivity index (χ0) is 17.2. The van der Waals surface area contributed by atoms with Gasteiger partial charge in [0.05, 0.1) is 14.2 Å². The van der Waals surface area contributed by atoms with E-state index in [1.165, 1.54) is 0 Å². The van der Waals surface area contributed by atoms with E-state index in [1.807, 2.05) is 48.5 Å². The molecule has 2 aromatic rings. The minimum atomic E-state index is 0.0355. The Balaban J connectivity index is 1.66. The van der Waals surface area contributed by atoms with Gasteiger partial charge in [0.2, 0.25) is 5.91 Å². The second-order valence-electron chi connectivity index (χ2n) is 5.36. The van der Waals surface area contributed by atoms with Crippen LogP contribution >= 0.6 is 0 Å². The van der Waals surface area contributed by atoms with Gasteiger partial charge in [-0.05, 0) is 36.2 Å². The molecule has 24 heavy (non-hydrogen) atoms. The van der Waals surface area contributed by atoms with Crippen molar-refractivity contribution in [2.45, 2.75) is 12.8 Å². The zero-order valence-electron chi connectivity index (χ0n) is 14.2. The van der Waals surface area contributed by atoms with Gasteiger partial charge in [0.1, 0.15) is 11.5 Å². The summed E-state index contributed by atoms with van der Waals surface area (Å²) < 4.78 is 10.4. The summed E-state index contributed by atoms with van der Waals surface area (Å²) in [5, 5.41) is 6.15. The van der Waals surface area contributed by atoms with Crippen molar-refractivity contribution in [1.82, 2.24) is 5.32 Å². The van der Waals surface area contributed by atoms with Gasteiger partial charge in [-0.25, -0.2) is 0 Å². The number of hydrogen-bond acceptors (Lipinski definition) is 4. The van der Waals surface area contributed by atoms with Gasteiger partial charge in [0, 0.05) is 31.3 Å². The van der Waals surface area contributed by atoms with Crippen molar-refractivity contribution < 1.29 is 14.3 Å². The van der Waals surface area contributed by atoms with Gasteiger partial charge in [-0.1, -0.05) is 18.2 Å². The maximum atomic E-state index is 11.9. The van der Waals surface area contributed by atoms with E-state index in [0.29, 0.717) is 19.5 Å². The van der Waals surface area contributed by atoms with Gasteiger partial charge < -0.3 is 20.1 Å². The van der Waals surface area contributed by atoms with Gasteiger partial charge in [-0.2, -0.15) is 0 Å². The normalized spacial score (nSPS) is 10.1. The number of hydrogen-bond donors (Lipinski definition) is 2. The number of carbonyl (C=O) groups excluding carboxylic acids is 1. The Labute approximate surface area is 143 Å². The monoisotopic (exact) mass is 328 g/mol. The summed E-state index contributed by atoms with van der Waals surface area (Å²) in [5.74, 6) is 1.66. The summed E-state index contributed by atoms with van der Waals surface area (Å²) in [5.41, 5.74) is 2.09. The Kier molecular flexibility index (Phi) is 6.95. The highest BCUT2D eigenvalue weighted by Crippen LogP contribution is 2.16. The van der Waals surface area contributed by atoms with E-state index in [-0.39, 0.29) is 5.91 Å². The predicted octanol–water partition coefficient (Wildman–Crippen LogP) is 2.86. The van der Waals surface area contributed by atoms with Gasteiger partial charge >= 0.3 is 0 Å². The molecule has 2 N–H and O–H groups in total. The molecule has 2 rings (SSSR count). The molecule has 0 saturated carbocycles. The van der Waals surface area contributed by atoms with Gasteiger partial charge in [0.25, 0.3) is 0 Å². The molecular weight excluding hydrogens is 304 g/mol. The van der Waals surface area contributed by atoms with Crippen LogP contribution in [0.15, 0.2) is 48.5 Å². The van der Waals surface area contributed by atoms with Gasteiger partial charge in [0.15, 0.2) is 0 Å². The highest BCUT2D eigenvalue weighted by atomic mass is 16.5. The third kappa shape index (κ3) is 5.83. The average molecular weight is 328 g/mol. The molecule has 0 bridgehead atoms. The molecule has 0 unspecified atom stereocenters. The van der Waals surface area contributed by atoms with Gasteiger partial charge in [-0.3, -0.25) is 4.79 Å². The largest absolute Gasteiger partial charge is 0.497 e. The first-order chi connectivity index (χ1) is 11.7. The first-order valence-electron chi connectivity index (χ1n) is 7.99. The molecule has 5 heteroatoms. The third-order valence-corrected chi connectivity index (χ3v) is 3.62. The molecule has 0 radical (unpaired) electrons. The minimum absolute atomic E-state index is 0.0355. The van der Waals surface area contributed by atoms with Crippen LogP contribution in [0.25, 0.3) is 0 Å². The Bertz CT molecular complexity index is 603. The summed E-state index contributed by atoms with van der Waals surface area (Å²) in [7, 11) is 3.28. The molecule has 0 saturated heterocycles. The maximum absolute atomic E-state index is 11.9. The van der Waals surface area contributed by atoms with E-state index in [9.17, 15) is 4.79 Å². The number of carbonyl (C=O) groups is 1. The summed E-state index contributed by atoms with van der Waals surface area (Å²) in [6, 6.07) is 15.5. The zero-order valence-corrected chi connectivity index (χ0v) is 14.2. The second-order valence-corrected chi connectivity index (χ2v) is 5.36. The maximum Gasteiger partial charge on any atom is 0.221 e. The lowest BCUT2D eigenvalue weighted by atomic mass is 10.1. The lowest BCUT2D eigenvalue weighted by Gasteiger charge is -2.09. The van der Waals surface area contributed by atoms with Crippen molar-refractivity contribution in [2.24, 2.45) is 0 Å². The van der Waals surface area contributed by atoms with Crippen LogP contribution in [0.4, 0.5) is 5.69 Å². The van der Waals surface area contributed by atoms with Crippen LogP contribution in [-0.2, 0) is 11.2 Å². The van der Waals surface area contributed by atoms with Crippen LogP contribution < -0.4 is 20.1 Å². The van der Waals surface area contributed by atoms with E-state index in [4.69, 9.17) is 9.47 Å². The second kappa shape index (κ2) is 9.45. The number of ether oxygens (including phenoxy) is 2. The molecule has 2 aromatic carbocycles. The molecule has 0 atom stereocenters. The van der Waals surface area contributed by atoms with Crippen LogP contribution in [0.1, 0.15) is 12.0 Å². The minimum Gasteiger partial charge on any atom is -0.497 e. The van der Waals surface area contributed by atoms with Crippen molar-refractivity contribution in [2.75, 3.05) is 32.6 Å². The fraction of sp³-hybridized carbons (Fsp3) is 0.316. The van der Waals surface area contributed by atoms with Crippen molar-refractivity contribution >= 4 is 11.6 Å². The molecule has 0 aliphatic carbocycles. The first kappa shape index (κ1) is 17.7. The number of benzene rings is 2. The third-order valence-electron chi connectivity index (χ3n) is 3.62. The SMILES string of the molecule is COc1cccc(CCNC(=O)CCNc2cccc(OC)c2)c1. The molecule has 5 nitrogen and oxygen atoms in total. The molecule has 0 aromatic heterocycles. The first-order valence-corrected chi connectivity index (χ1v) is 7.99. The van der Waals surface area contributed by atoms with E-state index in [0.717, 1.165) is 29.2 Å². The fourth-order valence-corrected chi connectivity index (χ4v) is 2.32. The Morgan fingerprint density at radius 1 is 0.958 bits per heavy atom. The molecule has 0 aliphatic rings. The molecule has 0 spiro atoms. The van der Waals surface area contributed by atoms with E-state index in [2.05, 4.69) is 10.6 Å². The summed E-state index contributed by atoms with van der Waals surface area (Å²) >= 11 is 0. The van der Waals surface area contributed by atoms with E-state index >= 15 is 0 Å². The van der Waals surface area contributed by atoms with E-state index in [1.54, 1.807) is 14.2 Å².